The number of aliphatic hydroxyl groups excluding tert-OH is 3. The summed E-state index contributed by atoms with van der Waals surface area (Å²) in [5, 5.41) is 51.9. The minimum absolute atomic E-state index is 0.00538. The normalized spacial score (nSPS) is 34.0. The molecule has 0 aromatic heterocycles. The minimum Gasteiger partial charge on any atom is -0.456 e. The maximum absolute atomic E-state index is 14.1. The molecule has 1 heterocycles. The van der Waals surface area contributed by atoms with Crippen LogP contribution in [0, 0.1) is 16.7 Å². The second kappa shape index (κ2) is 15.1. The number of amides is 1. The number of carbonyl (C=O) groups is 4. The van der Waals surface area contributed by atoms with Crippen molar-refractivity contribution in [1.29, 1.82) is 0 Å². The van der Waals surface area contributed by atoms with Gasteiger partial charge in [-0.25, -0.2) is 14.4 Å². The Morgan fingerprint density at radius 1 is 0.930 bits per heavy atom. The Balaban J connectivity index is 1.46. The summed E-state index contributed by atoms with van der Waals surface area (Å²) in [6.07, 6.45) is -9.68. The van der Waals surface area contributed by atoms with Gasteiger partial charge < -0.3 is 49.4 Å². The topological polar surface area (TPSA) is 207 Å². The Morgan fingerprint density at radius 3 is 2.11 bits per heavy atom. The number of nitrogens with one attached hydrogen (secondary N) is 1. The van der Waals surface area contributed by atoms with Gasteiger partial charge in [0.25, 0.3) is 0 Å². The fourth-order valence-electron chi connectivity index (χ4n) is 9.61. The lowest BCUT2D eigenvalue weighted by Gasteiger charge is -2.68. The summed E-state index contributed by atoms with van der Waals surface area (Å²) in [7, 11) is 0. The Morgan fingerprint density at radius 2 is 1.54 bits per heavy atom. The summed E-state index contributed by atoms with van der Waals surface area (Å²) in [6, 6.07) is 15.1. The first-order chi connectivity index (χ1) is 26.6. The quantitative estimate of drug-likeness (QED) is 0.145. The van der Waals surface area contributed by atoms with E-state index in [1.165, 1.54) is 19.1 Å². The summed E-state index contributed by atoms with van der Waals surface area (Å²) in [5.74, 6) is -3.88. The molecule has 11 atom stereocenters. The molecule has 5 N–H and O–H groups in total. The van der Waals surface area contributed by atoms with Crippen molar-refractivity contribution in [3.05, 3.63) is 82.9 Å². The number of ether oxygens (including phenoxy) is 5. The van der Waals surface area contributed by atoms with E-state index < -0.39 is 100 Å². The molecule has 57 heavy (non-hydrogen) atoms. The molecule has 6 rings (SSSR count). The van der Waals surface area contributed by atoms with Crippen molar-refractivity contribution in [2.45, 2.75) is 134 Å². The third-order valence-corrected chi connectivity index (χ3v) is 12.8. The number of fused-ring (bicyclic) bond motifs is 5. The van der Waals surface area contributed by atoms with E-state index in [-0.39, 0.29) is 31.4 Å². The third kappa shape index (κ3) is 7.35. The Kier molecular flexibility index (Phi) is 11.2. The van der Waals surface area contributed by atoms with Crippen LogP contribution in [0.2, 0.25) is 0 Å². The van der Waals surface area contributed by atoms with Crippen LogP contribution in [-0.2, 0) is 33.3 Å². The molecule has 1 amide bonds. The molecular formula is C43H55NO13. The van der Waals surface area contributed by atoms with Crippen LogP contribution in [0.15, 0.2) is 71.8 Å². The molecule has 3 aliphatic carbocycles. The molecule has 2 bridgehead atoms. The highest BCUT2D eigenvalue weighted by Gasteiger charge is 2.76. The summed E-state index contributed by atoms with van der Waals surface area (Å²) in [4.78, 5) is 54.0. The first kappa shape index (κ1) is 42.3. The number of aliphatic hydroxyl groups is 4. The third-order valence-electron chi connectivity index (χ3n) is 12.8. The van der Waals surface area contributed by atoms with E-state index in [1.54, 1.807) is 97.0 Å². The van der Waals surface area contributed by atoms with Gasteiger partial charge in [0.1, 0.15) is 29.5 Å². The monoisotopic (exact) mass is 793 g/mol. The van der Waals surface area contributed by atoms with Gasteiger partial charge in [-0.1, -0.05) is 74.9 Å². The minimum atomic E-state index is -2.13. The molecule has 2 aromatic rings. The predicted molar refractivity (Wildman–Crippen MR) is 203 cm³/mol. The molecule has 0 spiro atoms. The molecule has 2 aromatic carbocycles. The van der Waals surface area contributed by atoms with E-state index in [4.69, 9.17) is 23.7 Å². The van der Waals surface area contributed by atoms with E-state index in [0.29, 0.717) is 16.7 Å². The van der Waals surface area contributed by atoms with Gasteiger partial charge >= 0.3 is 24.0 Å². The Labute approximate surface area is 332 Å². The maximum atomic E-state index is 14.1. The van der Waals surface area contributed by atoms with Crippen LogP contribution in [0.3, 0.4) is 0 Å². The number of benzene rings is 2. The first-order valence-electron chi connectivity index (χ1n) is 19.4. The summed E-state index contributed by atoms with van der Waals surface area (Å²) >= 11 is 0. The summed E-state index contributed by atoms with van der Waals surface area (Å²) < 4.78 is 29.9. The van der Waals surface area contributed by atoms with E-state index in [0.717, 1.165) is 0 Å². The van der Waals surface area contributed by atoms with Crippen LogP contribution >= 0.6 is 0 Å². The van der Waals surface area contributed by atoms with Crippen molar-refractivity contribution in [1.82, 2.24) is 5.32 Å². The molecule has 3 fully saturated rings. The highest BCUT2D eigenvalue weighted by atomic mass is 16.6. The van der Waals surface area contributed by atoms with Crippen LogP contribution in [0.4, 0.5) is 4.79 Å². The van der Waals surface area contributed by atoms with Gasteiger partial charge in [-0.05, 0) is 57.4 Å². The van der Waals surface area contributed by atoms with Crippen molar-refractivity contribution < 1.29 is 63.3 Å². The van der Waals surface area contributed by atoms with Crippen molar-refractivity contribution in [3.63, 3.8) is 0 Å². The zero-order valence-corrected chi connectivity index (χ0v) is 33.7. The second-order valence-corrected chi connectivity index (χ2v) is 17.7. The van der Waals surface area contributed by atoms with E-state index in [9.17, 15) is 39.6 Å². The lowest BCUT2D eigenvalue weighted by molar-refractivity contribution is -0.361. The number of hydrogen-bond donors (Lipinski definition) is 5. The van der Waals surface area contributed by atoms with E-state index in [1.807, 2.05) is 0 Å². The van der Waals surface area contributed by atoms with Crippen molar-refractivity contribution in [2.75, 3.05) is 6.61 Å². The number of esters is 3. The zero-order valence-electron chi connectivity index (χ0n) is 33.7. The smallest absolute Gasteiger partial charge is 0.408 e. The lowest BCUT2D eigenvalue weighted by Crippen LogP contribution is -2.81. The number of carbonyl (C=O) groups excluding carboxylic acids is 4. The predicted octanol–water partition coefficient (Wildman–Crippen LogP) is 4.08. The highest BCUT2D eigenvalue weighted by molar-refractivity contribution is 5.89. The molecular weight excluding hydrogens is 738 g/mol. The largest absolute Gasteiger partial charge is 0.456 e. The van der Waals surface area contributed by atoms with Gasteiger partial charge in [-0.15, -0.1) is 0 Å². The second-order valence-electron chi connectivity index (χ2n) is 17.7. The van der Waals surface area contributed by atoms with Gasteiger partial charge in [0.15, 0.2) is 11.7 Å². The molecule has 2 saturated carbocycles. The van der Waals surface area contributed by atoms with E-state index in [2.05, 4.69) is 5.32 Å². The van der Waals surface area contributed by atoms with Crippen LogP contribution in [0.25, 0.3) is 0 Å². The van der Waals surface area contributed by atoms with Gasteiger partial charge in [0.2, 0.25) is 0 Å². The summed E-state index contributed by atoms with van der Waals surface area (Å²) in [5.41, 5.74) is -5.90. The average Bonchev–Trinajstić information content (AvgIpc) is 3.13. The molecule has 14 heteroatoms. The van der Waals surface area contributed by atoms with Crippen LogP contribution in [0.1, 0.15) is 96.6 Å². The van der Waals surface area contributed by atoms with Crippen LogP contribution < -0.4 is 5.32 Å². The van der Waals surface area contributed by atoms with Gasteiger partial charge in [0, 0.05) is 30.6 Å². The standard InChI is InChI=1S/C43H55NO13/c1-23-27-19-29(46)41(8)30(47)20-31-42(22-53-31,56-24(2)45)34(41)35(55-36(49)26-17-13-10-14-18-26)43(52,40(27,6)7)21-28(23)54-37(50)33(48)32(25-15-11-9-12-16-25)44-38(51)57-39(3,4)5/h9-18,28-35,46-48,52H,19-22H2,1-8H3,(H,44,51)/t28-,29+,30-,31+,32-,33+,34-,35-,41+,42-,43+/m0/s1. The molecule has 1 aliphatic heterocycles. The van der Waals surface area contributed by atoms with Gasteiger partial charge in [-0.3, -0.25) is 4.79 Å². The number of hydrogen-bond acceptors (Lipinski definition) is 13. The highest BCUT2D eigenvalue weighted by Crippen LogP contribution is 2.65. The van der Waals surface area contributed by atoms with Crippen molar-refractivity contribution in [2.24, 2.45) is 16.7 Å². The Bertz CT molecular complexity index is 1890. The first-order valence-corrected chi connectivity index (χ1v) is 19.4. The maximum Gasteiger partial charge on any atom is 0.408 e. The number of alkyl carbamates (subject to hydrolysis) is 1. The zero-order chi connectivity index (χ0) is 41.9. The molecule has 0 radical (unpaired) electrons. The fourth-order valence-corrected chi connectivity index (χ4v) is 9.61. The van der Waals surface area contributed by atoms with Crippen LogP contribution in [0.5, 0.6) is 0 Å². The van der Waals surface area contributed by atoms with Gasteiger partial charge in [0.05, 0.1) is 36.3 Å². The lowest BCUT2D eigenvalue weighted by atomic mass is 9.44. The molecule has 0 unspecified atom stereocenters. The van der Waals surface area contributed by atoms with Crippen LogP contribution in [-0.4, -0.2) is 104 Å². The summed E-state index contributed by atoms with van der Waals surface area (Å²) in [6.45, 7) is 12.9. The molecule has 1 saturated heterocycles. The van der Waals surface area contributed by atoms with E-state index >= 15 is 0 Å². The average molecular weight is 794 g/mol. The Hall–Kier alpha value is -4.34. The van der Waals surface area contributed by atoms with Crippen molar-refractivity contribution >= 4 is 24.0 Å². The SMILES string of the molecule is CC(=O)O[C@@]12CO[C@@H]1C[C@H](O)[C@@]1(C)[C@H](O)CC3=C(C)[C@@H](OC(=O)[C@H](O)[C@@H](NC(=O)OC(C)(C)C)c4ccccc4)C[C@@](O)([C@@H](OC(=O)c4ccccc4)[C@H]21)C3(C)C. The number of rotatable bonds is 8. The molecule has 14 nitrogen and oxygen atoms in total. The molecule has 310 valence electrons. The molecule has 4 aliphatic rings. The van der Waals surface area contributed by atoms with Gasteiger partial charge in [-0.2, -0.15) is 0 Å². The fraction of sp³-hybridized carbons (Fsp3) is 0.581. The van der Waals surface area contributed by atoms with Crippen molar-refractivity contribution in [3.8, 4) is 0 Å².